The lowest BCUT2D eigenvalue weighted by atomic mass is 10.1. The summed E-state index contributed by atoms with van der Waals surface area (Å²) < 4.78 is 10.8. The van der Waals surface area contributed by atoms with E-state index in [1.165, 1.54) is 11.3 Å². The number of esters is 1. The monoisotopic (exact) mass is 453 g/mol. The predicted octanol–water partition coefficient (Wildman–Crippen LogP) is 4.25. The Morgan fingerprint density at radius 3 is 2.59 bits per heavy atom. The first-order valence-corrected chi connectivity index (χ1v) is 11.4. The van der Waals surface area contributed by atoms with Gasteiger partial charge in [0.2, 0.25) is 5.91 Å². The number of hydrogen-bond donors (Lipinski definition) is 2. The number of nitrogens with two attached hydrogens (primary N) is 1. The Hall–Kier alpha value is -3.07. The molecule has 0 saturated carbocycles. The van der Waals surface area contributed by atoms with E-state index in [2.05, 4.69) is 10.3 Å². The van der Waals surface area contributed by atoms with Crippen molar-refractivity contribution in [3.63, 3.8) is 0 Å². The molecular formula is C24H27N3O4S. The molecule has 3 rings (SSSR count). The molecule has 3 aromatic rings. The first-order valence-electron chi connectivity index (χ1n) is 10.5. The number of hydrogen-bond acceptors (Lipinski definition) is 7. The lowest BCUT2D eigenvalue weighted by Crippen LogP contribution is -2.39. The summed E-state index contributed by atoms with van der Waals surface area (Å²) in [5.74, 6) is -0.689. The number of amides is 1. The normalized spacial score (nSPS) is 11.7. The van der Waals surface area contributed by atoms with Crippen LogP contribution in [0.3, 0.4) is 0 Å². The number of unbranched alkanes of at least 4 members (excludes halogenated alkanes) is 1. The van der Waals surface area contributed by atoms with Gasteiger partial charge in [0.05, 0.1) is 31.1 Å². The number of anilines is 1. The number of ether oxygens (including phenoxy) is 2. The zero-order chi connectivity index (χ0) is 22.8. The fourth-order valence-corrected chi connectivity index (χ4v) is 3.50. The van der Waals surface area contributed by atoms with Gasteiger partial charge in [-0.15, -0.1) is 11.3 Å². The first-order chi connectivity index (χ1) is 15.6. The van der Waals surface area contributed by atoms with Crippen LogP contribution < -0.4 is 11.1 Å². The van der Waals surface area contributed by atoms with Crippen molar-refractivity contribution in [3.8, 4) is 11.3 Å². The number of carbonyl (C=O) groups is 2. The Kier molecular flexibility index (Phi) is 8.91. The number of aromatic nitrogens is 1. The second-order valence-corrected chi connectivity index (χ2v) is 8.06. The third-order valence-corrected chi connectivity index (χ3v) is 5.39. The van der Waals surface area contributed by atoms with Gasteiger partial charge in [0.15, 0.2) is 5.13 Å². The summed E-state index contributed by atoms with van der Waals surface area (Å²) in [5, 5.41) is 5.11. The minimum atomic E-state index is -0.827. The summed E-state index contributed by atoms with van der Waals surface area (Å²) in [4.78, 5) is 28.7. The molecule has 8 heteroatoms. The van der Waals surface area contributed by atoms with Gasteiger partial charge < -0.3 is 20.5 Å². The van der Waals surface area contributed by atoms with Crippen LogP contribution in [0.2, 0.25) is 0 Å². The van der Waals surface area contributed by atoms with Gasteiger partial charge in [-0.1, -0.05) is 55.8 Å². The van der Waals surface area contributed by atoms with Crippen LogP contribution in [0.5, 0.6) is 0 Å². The highest BCUT2D eigenvalue weighted by Gasteiger charge is 2.16. The van der Waals surface area contributed by atoms with Gasteiger partial charge in [-0.2, -0.15) is 0 Å². The van der Waals surface area contributed by atoms with E-state index in [1.807, 2.05) is 42.6 Å². The van der Waals surface area contributed by atoms with E-state index in [0.29, 0.717) is 17.3 Å². The standard InChI is InChI=1S/C24H27N3O4S/c1-2-3-13-31-23(29)19-11-9-17(10-12-19)14-30-15-20(25)22(28)27-24-26-21(16-32-24)18-7-5-4-6-8-18/h4-12,16,20H,2-3,13-15,25H2,1H3,(H,26,27,28)/t20-/m0/s1. The van der Waals surface area contributed by atoms with Crippen molar-refractivity contribution in [3.05, 3.63) is 71.1 Å². The molecule has 0 radical (unpaired) electrons. The van der Waals surface area contributed by atoms with Gasteiger partial charge in [-0.25, -0.2) is 9.78 Å². The lowest BCUT2D eigenvalue weighted by Gasteiger charge is -2.12. The minimum absolute atomic E-state index is 0.0591. The molecule has 1 aromatic heterocycles. The van der Waals surface area contributed by atoms with Gasteiger partial charge >= 0.3 is 5.97 Å². The van der Waals surface area contributed by atoms with E-state index in [4.69, 9.17) is 15.2 Å². The second kappa shape index (κ2) is 12.1. The molecule has 1 heterocycles. The first kappa shape index (κ1) is 23.6. The zero-order valence-corrected chi connectivity index (χ0v) is 18.8. The van der Waals surface area contributed by atoms with E-state index in [1.54, 1.807) is 24.3 Å². The van der Waals surface area contributed by atoms with Crippen LogP contribution in [0.25, 0.3) is 11.3 Å². The topological polar surface area (TPSA) is 104 Å². The maximum Gasteiger partial charge on any atom is 0.338 e. The lowest BCUT2D eigenvalue weighted by molar-refractivity contribution is -0.118. The van der Waals surface area contributed by atoms with Crippen LogP contribution >= 0.6 is 11.3 Å². The predicted molar refractivity (Wildman–Crippen MR) is 125 cm³/mol. The minimum Gasteiger partial charge on any atom is -0.462 e. The molecule has 0 aliphatic rings. The second-order valence-electron chi connectivity index (χ2n) is 7.20. The maximum absolute atomic E-state index is 12.3. The number of benzene rings is 2. The fourth-order valence-electron chi connectivity index (χ4n) is 2.78. The van der Waals surface area contributed by atoms with Crippen molar-refractivity contribution >= 4 is 28.3 Å². The van der Waals surface area contributed by atoms with Gasteiger partial charge in [0.25, 0.3) is 0 Å². The van der Waals surface area contributed by atoms with Crippen LogP contribution in [0, 0.1) is 0 Å². The number of thiazole rings is 1. The summed E-state index contributed by atoms with van der Waals surface area (Å²) in [6.45, 7) is 2.80. The Morgan fingerprint density at radius 1 is 1.12 bits per heavy atom. The number of carbonyl (C=O) groups excluding carboxylic acids is 2. The SMILES string of the molecule is CCCCOC(=O)c1ccc(COC[C@H](N)C(=O)Nc2nc(-c3ccccc3)cs2)cc1. The average Bonchev–Trinajstić information content (AvgIpc) is 3.28. The van der Waals surface area contributed by atoms with Crippen molar-refractivity contribution in [2.24, 2.45) is 5.73 Å². The zero-order valence-electron chi connectivity index (χ0n) is 18.0. The third kappa shape index (κ3) is 6.98. The molecule has 0 aliphatic carbocycles. The Labute approximate surface area is 191 Å². The van der Waals surface area contributed by atoms with E-state index in [9.17, 15) is 9.59 Å². The quantitative estimate of drug-likeness (QED) is 0.332. The van der Waals surface area contributed by atoms with Crippen LogP contribution in [0.4, 0.5) is 5.13 Å². The Balaban J connectivity index is 1.41. The number of nitrogens with one attached hydrogen (secondary N) is 1. The molecule has 1 amide bonds. The smallest absolute Gasteiger partial charge is 0.338 e. The molecule has 0 fully saturated rings. The van der Waals surface area contributed by atoms with Gasteiger partial charge in [0.1, 0.15) is 6.04 Å². The molecule has 168 valence electrons. The number of rotatable bonds is 11. The maximum atomic E-state index is 12.3. The molecule has 0 bridgehead atoms. The average molecular weight is 454 g/mol. The van der Waals surface area contributed by atoms with Crippen LogP contribution in [0.1, 0.15) is 35.7 Å². The summed E-state index contributed by atoms with van der Waals surface area (Å²) in [6, 6.07) is 15.9. The van der Waals surface area contributed by atoms with Gasteiger partial charge in [-0.3, -0.25) is 4.79 Å². The Bertz CT molecular complexity index is 1010. The molecular weight excluding hydrogens is 426 g/mol. The molecule has 3 N–H and O–H groups in total. The van der Waals surface area contributed by atoms with Crippen molar-refractivity contribution < 1.29 is 19.1 Å². The molecule has 0 saturated heterocycles. The third-order valence-electron chi connectivity index (χ3n) is 4.63. The van der Waals surface area contributed by atoms with E-state index in [-0.39, 0.29) is 25.1 Å². The van der Waals surface area contributed by atoms with E-state index >= 15 is 0 Å². The molecule has 32 heavy (non-hydrogen) atoms. The molecule has 1 atom stereocenters. The van der Waals surface area contributed by atoms with E-state index in [0.717, 1.165) is 29.7 Å². The molecule has 0 spiro atoms. The largest absolute Gasteiger partial charge is 0.462 e. The number of nitrogens with zero attached hydrogens (tertiary/aromatic N) is 1. The van der Waals surface area contributed by atoms with E-state index < -0.39 is 6.04 Å². The summed E-state index contributed by atoms with van der Waals surface area (Å²) in [7, 11) is 0. The molecule has 0 aliphatic heterocycles. The van der Waals surface area contributed by atoms with Crippen LogP contribution in [-0.4, -0.2) is 36.1 Å². The summed E-state index contributed by atoms with van der Waals surface area (Å²) in [6.07, 6.45) is 1.82. The van der Waals surface area contributed by atoms with Gasteiger partial charge in [-0.05, 0) is 24.1 Å². The van der Waals surface area contributed by atoms with Crippen LogP contribution in [-0.2, 0) is 20.9 Å². The van der Waals surface area contributed by atoms with Crippen LogP contribution in [0.15, 0.2) is 60.0 Å². The Morgan fingerprint density at radius 2 is 1.88 bits per heavy atom. The van der Waals surface area contributed by atoms with Crippen molar-refractivity contribution in [1.82, 2.24) is 4.98 Å². The fraction of sp³-hybridized carbons (Fsp3) is 0.292. The molecule has 2 aromatic carbocycles. The van der Waals surface area contributed by atoms with Crippen molar-refractivity contribution in [1.29, 1.82) is 0 Å². The highest BCUT2D eigenvalue weighted by molar-refractivity contribution is 7.14. The molecule has 0 unspecified atom stereocenters. The van der Waals surface area contributed by atoms with Crippen molar-refractivity contribution in [2.75, 3.05) is 18.5 Å². The highest BCUT2D eigenvalue weighted by Crippen LogP contribution is 2.24. The summed E-state index contributed by atoms with van der Waals surface area (Å²) >= 11 is 1.34. The van der Waals surface area contributed by atoms with Crippen molar-refractivity contribution in [2.45, 2.75) is 32.4 Å². The summed E-state index contributed by atoms with van der Waals surface area (Å²) in [5.41, 5.74) is 9.10. The molecule has 7 nitrogen and oxygen atoms in total. The van der Waals surface area contributed by atoms with Gasteiger partial charge in [0, 0.05) is 10.9 Å². The highest BCUT2D eigenvalue weighted by atomic mass is 32.1.